The van der Waals surface area contributed by atoms with E-state index in [1.165, 1.54) is 55.5 Å². The smallest absolute Gasteiger partial charge is 0.262 e. The van der Waals surface area contributed by atoms with E-state index in [-0.39, 0.29) is 59.1 Å². The second-order valence-electron chi connectivity index (χ2n) is 19.2. The molecule has 0 saturated carbocycles. The molecule has 5 aliphatic rings. The van der Waals surface area contributed by atoms with E-state index in [2.05, 4.69) is 24.9 Å². The molecule has 0 aliphatic carbocycles. The van der Waals surface area contributed by atoms with Crippen LogP contribution in [0, 0.1) is 0 Å². The van der Waals surface area contributed by atoms with E-state index < -0.39 is 0 Å². The van der Waals surface area contributed by atoms with Crippen molar-refractivity contribution < 1.29 is 47.9 Å². The van der Waals surface area contributed by atoms with Crippen LogP contribution in [0.5, 0.6) is 0 Å². The van der Waals surface area contributed by atoms with E-state index >= 15 is 0 Å². The molecule has 5 aliphatic heterocycles. The number of hydrogen-bond acceptors (Lipinski definition) is 15. The minimum atomic E-state index is -0.236. The van der Waals surface area contributed by atoms with E-state index in [9.17, 15) is 47.9 Å². The van der Waals surface area contributed by atoms with Crippen molar-refractivity contribution in [3.63, 3.8) is 0 Å². The summed E-state index contributed by atoms with van der Waals surface area (Å²) in [5, 5.41) is 0. The van der Waals surface area contributed by atoms with Crippen molar-refractivity contribution in [3.8, 4) is 0 Å². The third-order valence-electron chi connectivity index (χ3n) is 13.4. The Hall–Kier alpha value is -8.55. The average molecular weight is 1080 g/mol. The zero-order valence-electron chi connectivity index (χ0n) is 44.6. The van der Waals surface area contributed by atoms with Crippen LogP contribution in [0.3, 0.4) is 0 Å². The van der Waals surface area contributed by atoms with Crippen molar-refractivity contribution in [3.05, 3.63) is 150 Å². The molecule has 5 aromatic heterocycles. The van der Waals surface area contributed by atoms with Gasteiger partial charge in [0, 0.05) is 127 Å². The molecule has 0 unspecified atom stereocenters. The molecule has 5 saturated heterocycles. The second kappa shape index (κ2) is 32.2. The molecule has 0 radical (unpaired) electrons. The van der Waals surface area contributed by atoms with Crippen LogP contribution in [0.25, 0.3) is 0 Å². The summed E-state index contributed by atoms with van der Waals surface area (Å²) in [6.45, 7) is 2.67. The summed E-state index contributed by atoms with van der Waals surface area (Å²) in [6, 6.07) is 16.9. The maximum atomic E-state index is 12.3. The zero-order valence-corrected chi connectivity index (χ0v) is 44.6. The van der Waals surface area contributed by atoms with Crippen molar-refractivity contribution in [2.45, 2.75) is 122 Å². The van der Waals surface area contributed by atoms with Gasteiger partial charge in [0.2, 0.25) is 29.5 Å². The monoisotopic (exact) mass is 1080 g/mol. The lowest BCUT2D eigenvalue weighted by atomic mass is 10.1. The van der Waals surface area contributed by atoms with Gasteiger partial charge >= 0.3 is 0 Å². The second-order valence-corrected chi connectivity index (χ2v) is 19.2. The van der Waals surface area contributed by atoms with Crippen molar-refractivity contribution in [1.29, 1.82) is 0 Å². The fourth-order valence-electron chi connectivity index (χ4n) is 9.07. The molecule has 5 fully saturated rings. The van der Waals surface area contributed by atoms with Crippen LogP contribution in [0.15, 0.2) is 123 Å². The maximum Gasteiger partial charge on any atom is 0.262 e. The van der Waals surface area contributed by atoms with Gasteiger partial charge in [-0.3, -0.25) is 97.4 Å². The van der Waals surface area contributed by atoms with Gasteiger partial charge < -0.3 is 0 Å². The van der Waals surface area contributed by atoms with Crippen molar-refractivity contribution in [1.82, 2.24) is 49.4 Å². The van der Waals surface area contributed by atoms with E-state index in [4.69, 9.17) is 0 Å². The number of pyridine rings is 5. The molecule has 79 heavy (non-hydrogen) atoms. The number of carbonyl (C=O) groups excluding carboxylic acids is 10. The summed E-state index contributed by atoms with van der Waals surface area (Å²) in [6.07, 6.45) is 31.3. The van der Waals surface area contributed by atoms with Gasteiger partial charge in [-0.1, -0.05) is 38.5 Å². The molecule has 10 amide bonds. The standard InChI is InChI=1S/C14H18N2O2.C13H16N2O2.C12H14N2O2.2C10H10N2O2/c17-13-8-4-2-1-3-5-10-16(13)14(18)12-7-6-9-15-11-12;16-12-7-3-1-2-4-9-15(12)13(17)11-6-5-8-14-10-11;15-11-6-2-1-3-8-14(11)12(16)10-5-4-7-13-9-10;2*13-9-4-2-6-12(9)10(14)8-3-1-5-11-7-8/h6-7,9,11H,1-5,8,10H2;5-6,8,10H,1-4,7,9H2;4-5,7,9H,1-3,6,8H2;2*1,3,5,7H,2,4,6H2. The molecule has 0 atom stereocenters. The molecule has 0 spiro atoms. The van der Waals surface area contributed by atoms with Crippen LogP contribution in [-0.4, -0.2) is 141 Å². The van der Waals surface area contributed by atoms with Crippen LogP contribution in [-0.2, 0) is 24.0 Å². The molecule has 0 bridgehead atoms. The highest BCUT2D eigenvalue weighted by Gasteiger charge is 2.29. The van der Waals surface area contributed by atoms with E-state index in [1.807, 2.05) is 0 Å². The van der Waals surface area contributed by atoms with Gasteiger partial charge in [-0.15, -0.1) is 0 Å². The van der Waals surface area contributed by atoms with Crippen molar-refractivity contribution in [2.24, 2.45) is 0 Å². The molecule has 414 valence electrons. The fraction of sp³-hybridized carbons (Fsp3) is 0.407. The van der Waals surface area contributed by atoms with Gasteiger partial charge in [0.1, 0.15) is 0 Å². The summed E-state index contributed by atoms with van der Waals surface area (Å²) in [4.78, 5) is 144. The fourth-order valence-corrected chi connectivity index (χ4v) is 9.07. The van der Waals surface area contributed by atoms with Gasteiger partial charge in [0.15, 0.2) is 0 Å². The van der Waals surface area contributed by atoms with Crippen LogP contribution in [0.4, 0.5) is 0 Å². The minimum absolute atomic E-state index is 0.0502. The Kier molecular flexibility index (Phi) is 24.4. The summed E-state index contributed by atoms with van der Waals surface area (Å²) >= 11 is 0. The Labute approximate surface area is 460 Å². The SMILES string of the molecule is O=C1CCCCCCCN1C(=O)c1cccnc1.O=C1CCCCCCN1C(=O)c1cccnc1.O=C1CCCCCN1C(=O)c1cccnc1.O=C1CCCN1C(=O)c1cccnc1.O=C1CCCN1C(=O)c1cccnc1. The number of aromatic nitrogens is 5. The first kappa shape index (κ1) is 59.7. The van der Waals surface area contributed by atoms with E-state index in [0.717, 1.165) is 89.9 Å². The third-order valence-corrected chi connectivity index (χ3v) is 13.4. The zero-order chi connectivity index (χ0) is 56.2. The number of amides is 10. The molecular formula is C59H68N10O10. The summed E-state index contributed by atoms with van der Waals surface area (Å²) in [5.41, 5.74) is 2.41. The third kappa shape index (κ3) is 18.6. The lowest BCUT2D eigenvalue weighted by molar-refractivity contribution is -0.129. The van der Waals surface area contributed by atoms with Gasteiger partial charge in [-0.05, 0) is 112 Å². The Morgan fingerprint density at radius 1 is 0.266 bits per heavy atom. The Balaban J connectivity index is 0.000000160. The van der Waals surface area contributed by atoms with Gasteiger partial charge in [-0.2, -0.15) is 0 Å². The molecule has 0 aromatic carbocycles. The highest BCUT2D eigenvalue weighted by Crippen LogP contribution is 2.19. The first-order chi connectivity index (χ1) is 38.4. The van der Waals surface area contributed by atoms with E-state index in [1.54, 1.807) is 91.6 Å². The van der Waals surface area contributed by atoms with Crippen LogP contribution >= 0.6 is 0 Å². The predicted molar refractivity (Wildman–Crippen MR) is 289 cm³/mol. The molecule has 10 rings (SSSR count). The molecule has 0 N–H and O–H groups in total. The lowest BCUT2D eigenvalue weighted by Crippen LogP contribution is -2.38. The van der Waals surface area contributed by atoms with Crippen molar-refractivity contribution >= 4 is 59.1 Å². The normalized spacial score (nSPS) is 16.9. The molecule has 20 heteroatoms. The Morgan fingerprint density at radius 2 is 0.456 bits per heavy atom. The number of carbonyl (C=O) groups is 10. The quantitative estimate of drug-likeness (QED) is 0.153. The summed E-state index contributed by atoms with van der Waals surface area (Å²) in [7, 11) is 0. The van der Waals surface area contributed by atoms with Crippen LogP contribution < -0.4 is 0 Å². The number of nitrogens with zero attached hydrogens (tertiary/aromatic N) is 10. The molecular weight excluding hydrogens is 1010 g/mol. The topological polar surface area (TPSA) is 251 Å². The summed E-state index contributed by atoms with van der Waals surface area (Å²) < 4.78 is 0. The Bertz CT molecular complexity index is 2750. The lowest BCUT2D eigenvalue weighted by Gasteiger charge is -2.22. The van der Waals surface area contributed by atoms with Crippen LogP contribution in [0.1, 0.15) is 174 Å². The number of rotatable bonds is 5. The van der Waals surface area contributed by atoms with Gasteiger partial charge in [0.25, 0.3) is 29.5 Å². The van der Waals surface area contributed by atoms with Gasteiger partial charge in [-0.25, -0.2) is 0 Å². The first-order valence-electron chi connectivity index (χ1n) is 27.2. The van der Waals surface area contributed by atoms with Crippen molar-refractivity contribution in [2.75, 3.05) is 32.7 Å². The predicted octanol–water partition coefficient (Wildman–Crippen LogP) is 7.73. The highest BCUT2D eigenvalue weighted by atomic mass is 16.2. The Morgan fingerprint density at radius 3 is 0.658 bits per heavy atom. The number of likely N-dealkylation sites (tertiary alicyclic amines) is 4. The maximum absolute atomic E-state index is 12.3. The van der Waals surface area contributed by atoms with Crippen LogP contribution in [0.2, 0.25) is 0 Å². The number of hydrogen-bond donors (Lipinski definition) is 0. The molecule has 5 aromatic rings. The summed E-state index contributed by atoms with van der Waals surface area (Å²) in [5.74, 6) is -1.46. The largest absolute Gasteiger partial charge is 0.278 e. The highest BCUT2D eigenvalue weighted by molar-refractivity contribution is 6.07. The van der Waals surface area contributed by atoms with E-state index in [0.29, 0.717) is 92.6 Å². The first-order valence-corrected chi connectivity index (χ1v) is 27.2. The molecule has 10 heterocycles. The average Bonchev–Trinajstić information content (AvgIpc) is 4.10. The molecule has 20 nitrogen and oxygen atoms in total. The number of imide groups is 5. The van der Waals surface area contributed by atoms with Gasteiger partial charge in [0.05, 0.1) is 27.8 Å². The minimum Gasteiger partial charge on any atom is -0.278 e.